The molecule has 1 saturated heterocycles. The van der Waals surface area contributed by atoms with E-state index >= 15 is 0 Å². The van der Waals surface area contributed by atoms with E-state index in [1.807, 2.05) is 31.2 Å². The van der Waals surface area contributed by atoms with Gasteiger partial charge in [-0.15, -0.1) is 0 Å². The second-order valence-corrected chi connectivity index (χ2v) is 8.75. The summed E-state index contributed by atoms with van der Waals surface area (Å²) in [5.41, 5.74) is 2.76. The van der Waals surface area contributed by atoms with Crippen LogP contribution in [0.15, 0.2) is 40.9 Å². The fraction of sp³-hybridized carbons (Fsp3) is 0.360. The van der Waals surface area contributed by atoms with E-state index < -0.39 is 0 Å². The molecule has 0 bridgehead atoms. The summed E-state index contributed by atoms with van der Waals surface area (Å²) in [6.07, 6.45) is 4.54. The number of phenolic OH excluding ortho intramolecular Hbond substituents is 2. The van der Waals surface area contributed by atoms with Crippen molar-refractivity contribution in [1.82, 2.24) is 15.4 Å². The first kappa shape index (κ1) is 23.1. The minimum atomic E-state index is -0.358. The number of carbonyl (C=O) groups excluding carboxylic acids is 1. The van der Waals surface area contributed by atoms with Crippen LogP contribution in [0.5, 0.6) is 11.5 Å². The molecule has 1 aromatic heterocycles. The number of aromatic hydroxyl groups is 2. The van der Waals surface area contributed by atoms with Crippen molar-refractivity contribution in [3.8, 4) is 33.9 Å². The Kier molecular flexibility index (Phi) is 7.20. The zero-order valence-electron chi connectivity index (χ0n) is 18.6. The topological polar surface area (TPSA) is 98.8 Å². The highest BCUT2D eigenvalue weighted by Crippen LogP contribution is 2.42. The average molecular weight is 470 g/mol. The van der Waals surface area contributed by atoms with Gasteiger partial charge in [0.25, 0.3) is 5.91 Å². The number of hydrogen-bond acceptors (Lipinski definition) is 6. The van der Waals surface area contributed by atoms with Gasteiger partial charge in [-0.3, -0.25) is 9.69 Å². The molecule has 0 saturated carbocycles. The van der Waals surface area contributed by atoms with Crippen molar-refractivity contribution >= 4 is 17.5 Å². The molecule has 4 rings (SSSR count). The highest BCUT2D eigenvalue weighted by atomic mass is 35.5. The van der Waals surface area contributed by atoms with Gasteiger partial charge in [-0.25, -0.2) is 0 Å². The molecule has 3 N–H and O–H groups in total. The molecule has 0 radical (unpaired) electrons. The van der Waals surface area contributed by atoms with Crippen LogP contribution in [0.25, 0.3) is 22.5 Å². The molecule has 0 atom stereocenters. The van der Waals surface area contributed by atoms with Crippen molar-refractivity contribution in [2.24, 2.45) is 0 Å². The van der Waals surface area contributed by atoms with E-state index in [4.69, 9.17) is 16.1 Å². The lowest BCUT2D eigenvalue weighted by atomic mass is 9.97. The average Bonchev–Trinajstić information content (AvgIpc) is 3.26. The Hall–Kier alpha value is -3.03. The number of carbonyl (C=O) groups is 1. The summed E-state index contributed by atoms with van der Waals surface area (Å²) in [6.45, 7) is 5.58. The van der Waals surface area contributed by atoms with E-state index in [2.05, 4.69) is 15.4 Å². The summed E-state index contributed by atoms with van der Waals surface area (Å²) in [5.74, 6) is -0.623. The number of hydrogen-bond donors (Lipinski definition) is 3. The number of piperidine rings is 1. The normalized spacial score (nSPS) is 14.4. The first-order chi connectivity index (χ1) is 16.0. The van der Waals surface area contributed by atoms with Crippen LogP contribution in [-0.4, -0.2) is 45.8 Å². The SMILES string of the molecule is CCCNC(=O)c1noc(-c2cc(Cl)c(O)cc2O)c1-c1ccc(CN2CCCCC2)cc1. The molecule has 0 spiro atoms. The zero-order valence-corrected chi connectivity index (χ0v) is 19.4. The Labute approximate surface area is 198 Å². The Morgan fingerprint density at radius 3 is 2.55 bits per heavy atom. The van der Waals surface area contributed by atoms with Crippen LogP contribution < -0.4 is 5.32 Å². The van der Waals surface area contributed by atoms with Crippen molar-refractivity contribution in [3.05, 3.63) is 52.7 Å². The lowest BCUT2D eigenvalue weighted by Gasteiger charge is -2.26. The number of phenols is 2. The van der Waals surface area contributed by atoms with Gasteiger partial charge in [-0.2, -0.15) is 0 Å². The first-order valence-electron chi connectivity index (χ1n) is 11.3. The van der Waals surface area contributed by atoms with Crippen molar-refractivity contribution in [2.45, 2.75) is 39.2 Å². The highest BCUT2D eigenvalue weighted by molar-refractivity contribution is 6.32. The van der Waals surface area contributed by atoms with Crippen LogP contribution in [0.3, 0.4) is 0 Å². The fourth-order valence-electron chi connectivity index (χ4n) is 4.10. The van der Waals surface area contributed by atoms with Gasteiger partial charge in [0.2, 0.25) is 0 Å². The molecular formula is C25H28ClN3O4. The molecule has 1 aliphatic rings. The quantitative estimate of drug-likeness (QED) is 0.440. The third-order valence-electron chi connectivity index (χ3n) is 5.85. The van der Waals surface area contributed by atoms with Gasteiger partial charge < -0.3 is 20.1 Å². The molecular weight excluding hydrogens is 442 g/mol. The number of amides is 1. The second kappa shape index (κ2) is 10.3. The van der Waals surface area contributed by atoms with Gasteiger partial charge in [0, 0.05) is 19.2 Å². The van der Waals surface area contributed by atoms with Gasteiger partial charge in [0.05, 0.1) is 16.1 Å². The summed E-state index contributed by atoms with van der Waals surface area (Å²) in [4.78, 5) is 15.3. The number of aromatic nitrogens is 1. The van der Waals surface area contributed by atoms with Gasteiger partial charge in [0.15, 0.2) is 11.5 Å². The number of rotatable bonds is 7. The molecule has 3 aromatic rings. The van der Waals surface area contributed by atoms with Gasteiger partial charge in [-0.1, -0.05) is 54.4 Å². The maximum atomic E-state index is 12.8. The van der Waals surface area contributed by atoms with Gasteiger partial charge in [-0.05, 0) is 49.5 Å². The van der Waals surface area contributed by atoms with Gasteiger partial charge in [0.1, 0.15) is 11.5 Å². The van der Waals surface area contributed by atoms with Crippen LogP contribution in [0.2, 0.25) is 5.02 Å². The predicted molar refractivity (Wildman–Crippen MR) is 127 cm³/mol. The standard InChI is InChI=1S/C25H28ClN3O4/c1-2-10-27-25(32)23-22(24(33-28-23)18-13-19(26)21(31)14-20(18)30)17-8-6-16(7-9-17)15-29-11-4-3-5-12-29/h6-9,13-14,30-31H,2-5,10-12,15H2,1H3,(H,27,32). The number of nitrogens with zero attached hydrogens (tertiary/aromatic N) is 2. The van der Waals surface area contributed by atoms with Crippen LogP contribution in [0.1, 0.15) is 48.7 Å². The van der Waals surface area contributed by atoms with Crippen molar-refractivity contribution in [2.75, 3.05) is 19.6 Å². The maximum Gasteiger partial charge on any atom is 0.274 e. The fourth-order valence-corrected chi connectivity index (χ4v) is 4.27. The van der Waals surface area contributed by atoms with Crippen molar-refractivity contribution < 1.29 is 19.5 Å². The number of halogens is 1. The highest BCUT2D eigenvalue weighted by Gasteiger charge is 2.26. The van der Waals surface area contributed by atoms with E-state index in [0.717, 1.165) is 37.7 Å². The Morgan fingerprint density at radius 1 is 1.12 bits per heavy atom. The van der Waals surface area contributed by atoms with Crippen LogP contribution in [0.4, 0.5) is 0 Å². The molecule has 1 aliphatic heterocycles. The molecule has 174 valence electrons. The minimum Gasteiger partial charge on any atom is -0.507 e. The first-order valence-corrected chi connectivity index (χ1v) is 11.7. The summed E-state index contributed by atoms with van der Waals surface area (Å²) >= 11 is 6.08. The Bertz CT molecular complexity index is 1120. The summed E-state index contributed by atoms with van der Waals surface area (Å²) in [6, 6.07) is 10.5. The smallest absolute Gasteiger partial charge is 0.274 e. The van der Waals surface area contributed by atoms with Crippen LogP contribution in [0, 0.1) is 0 Å². The van der Waals surface area contributed by atoms with E-state index in [9.17, 15) is 15.0 Å². The second-order valence-electron chi connectivity index (χ2n) is 8.35. The molecule has 2 aromatic carbocycles. The molecule has 1 amide bonds. The lowest BCUT2D eigenvalue weighted by molar-refractivity contribution is 0.0945. The van der Waals surface area contributed by atoms with Gasteiger partial charge >= 0.3 is 0 Å². The largest absolute Gasteiger partial charge is 0.507 e. The third-order valence-corrected chi connectivity index (χ3v) is 6.15. The predicted octanol–water partition coefficient (Wildman–Crippen LogP) is 5.20. The monoisotopic (exact) mass is 469 g/mol. The summed E-state index contributed by atoms with van der Waals surface area (Å²) in [5, 5.41) is 27.2. The van der Waals surface area contributed by atoms with Crippen molar-refractivity contribution in [3.63, 3.8) is 0 Å². The van der Waals surface area contributed by atoms with E-state index in [0.29, 0.717) is 12.1 Å². The maximum absolute atomic E-state index is 12.8. The minimum absolute atomic E-state index is 0.0546. The van der Waals surface area contributed by atoms with E-state index in [-0.39, 0.29) is 39.4 Å². The molecule has 33 heavy (non-hydrogen) atoms. The molecule has 0 unspecified atom stereocenters. The molecule has 0 aliphatic carbocycles. The summed E-state index contributed by atoms with van der Waals surface area (Å²) in [7, 11) is 0. The lowest BCUT2D eigenvalue weighted by Crippen LogP contribution is -2.29. The van der Waals surface area contributed by atoms with Crippen molar-refractivity contribution in [1.29, 1.82) is 0 Å². The number of benzene rings is 2. The number of nitrogens with one attached hydrogen (secondary N) is 1. The molecule has 8 heteroatoms. The molecule has 2 heterocycles. The third kappa shape index (κ3) is 5.15. The summed E-state index contributed by atoms with van der Waals surface area (Å²) < 4.78 is 5.55. The molecule has 7 nitrogen and oxygen atoms in total. The number of likely N-dealkylation sites (tertiary alicyclic amines) is 1. The Morgan fingerprint density at radius 2 is 1.85 bits per heavy atom. The zero-order chi connectivity index (χ0) is 23.4. The van der Waals surface area contributed by atoms with E-state index in [1.165, 1.54) is 30.9 Å². The Balaban J connectivity index is 1.72. The van der Waals surface area contributed by atoms with Crippen LogP contribution >= 0.6 is 11.6 Å². The van der Waals surface area contributed by atoms with Crippen LogP contribution in [-0.2, 0) is 6.54 Å². The van der Waals surface area contributed by atoms with E-state index in [1.54, 1.807) is 0 Å². The molecule has 1 fully saturated rings.